The second-order valence-corrected chi connectivity index (χ2v) is 13.2. The van der Waals surface area contributed by atoms with Gasteiger partial charge in [-0.1, -0.05) is 41.0 Å². The van der Waals surface area contributed by atoms with E-state index in [1.54, 1.807) is 0 Å². The summed E-state index contributed by atoms with van der Waals surface area (Å²) in [4.78, 5) is 25.0. The Kier molecular flexibility index (Phi) is 4.17. The summed E-state index contributed by atoms with van der Waals surface area (Å²) in [5, 5.41) is 0. The normalized spacial score (nSPS) is 56.0. The predicted octanol–water partition coefficient (Wildman–Crippen LogP) is 6.61. The van der Waals surface area contributed by atoms with Crippen LogP contribution in [0.25, 0.3) is 0 Å². The van der Waals surface area contributed by atoms with Crippen molar-refractivity contribution >= 4 is 12.1 Å². The number of ketones is 1. The zero-order valence-corrected chi connectivity index (χ0v) is 19.5. The van der Waals surface area contributed by atoms with Gasteiger partial charge in [-0.2, -0.15) is 0 Å². The van der Waals surface area contributed by atoms with E-state index in [0.717, 1.165) is 37.5 Å². The fourth-order valence-electron chi connectivity index (χ4n) is 10.6. The molecule has 0 N–H and O–H groups in total. The molecule has 5 saturated carbocycles. The number of carbonyl (C=O) groups excluding carboxylic acids is 2. The standard InChI is InChI=1S/C27H42O2/c1-23(2)20-10-14-26(5)21(24(20,3)13-11-22(23)29)9-8-18-19-7-6-12-27(19,17-28)16-15-25(18,26)4/h17-21H,6-16H2,1-5H3/t18?,19?,20-,21?,24-,25+,26+,27+/m0/s1. The quantitative estimate of drug-likeness (QED) is 0.466. The van der Waals surface area contributed by atoms with Gasteiger partial charge >= 0.3 is 0 Å². The molecule has 0 radical (unpaired) electrons. The summed E-state index contributed by atoms with van der Waals surface area (Å²) in [7, 11) is 0. The van der Waals surface area contributed by atoms with Crippen molar-refractivity contribution < 1.29 is 9.59 Å². The second-order valence-electron chi connectivity index (χ2n) is 13.2. The largest absolute Gasteiger partial charge is 0.303 e. The van der Waals surface area contributed by atoms with Crippen molar-refractivity contribution in [3.05, 3.63) is 0 Å². The molecule has 5 aliphatic carbocycles. The van der Waals surface area contributed by atoms with E-state index in [4.69, 9.17) is 0 Å². The van der Waals surface area contributed by atoms with Gasteiger partial charge in [-0.3, -0.25) is 4.79 Å². The first kappa shape index (κ1) is 20.3. The molecule has 2 nitrogen and oxygen atoms in total. The van der Waals surface area contributed by atoms with Gasteiger partial charge in [0, 0.05) is 17.3 Å². The van der Waals surface area contributed by atoms with Crippen LogP contribution in [0, 0.1) is 50.7 Å². The maximum absolute atomic E-state index is 12.8. The maximum Gasteiger partial charge on any atom is 0.138 e. The average Bonchev–Trinajstić information content (AvgIpc) is 3.10. The highest BCUT2D eigenvalue weighted by Gasteiger charge is 2.69. The number of Topliss-reactive ketones (excluding diaryl/α,β-unsaturated/α-hetero) is 1. The molecule has 3 unspecified atom stereocenters. The van der Waals surface area contributed by atoms with Gasteiger partial charge in [0.2, 0.25) is 0 Å². The molecule has 0 amide bonds. The van der Waals surface area contributed by atoms with E-state index in [1.807, 2.05) is 0 Å². The van der Waals surface area contributed by atoms with Crippen molar-refractivity contribution in [3.8, 4) is 0 Å². The predicted molar refractivity (Wildman–Crippen MR) is 116 cm³/mol. The van der Waals surface area contributed by atoms with Crippen LogP contribution in [-0.2, 0) is 9.59 Å². The smallest absolute Gasteiger partial charge is 0.138 e. The molecule has 0 aromatic rings. The summed E-state index contributed by atoms with van der Waals surface area (Å²) in [6, 6.07) is 0. The van der Waals surface area contributed by atoms with E-state index in [-0.39, 0.29) is 10.8 Å². The Hall–Kier alpha value is -0.660. The Balaban J connectivity index is 1.54. The zero-order valence-electron chi connectivity index (χ0n) is 19.5. The van der Waals surface area contributed by atoms with Gasteiger partial charge in [0.05, 0.1) is 0 Å². The van der Waals surface area contributed by atoms with Gasteiger partial charge in [0.25, 0.3) is 0 Å². The summed E-state index contributed by atoms with van der Waals surface area (Å²) >= 11 is 0. The van der Waals surface area contributed by atoms with Crippen molar-refractivity contribution in [2.24, 2.45) is 50.7 Å². The van der Waals surface area contributed by atoms with Gasteiger partial charge in [-0.15, -0.1) is 0 Å². The monoisotopic (exact) mass is 398 g/mol. The van der Waals surface area contributed by atoms with E-state index in [9.17, 15) is 9.59 Å². The average molecular weight is 399 g/mol. The zero-order chi connectivity index (χ0) is 20.9. The molecule has 0 spiro atoms. The van der Waals surface area contributed by atoms with E-state index < -0.39 is 0 Å². The first-order valence-electron chi connectivity index (χ1n) is 12.5. The molecule has 8 atom stereocenters. The van der Waals surface area contributed by atoms with Crippen LogP contribution in [0.1, 0.15) is 105 Å². The Morgan fingerprint density at radius 1 is 0.759 bits per heavy atom. The number of carbonyl (C=O) groups is 2. The summed E-state index contributed by atoms with van der Waals surface area (Å²) in [6.45, 7) is 12.3. The highest BCUT2D eigenvalue weighted by Crippen LogP contribution is 2.76. The fraction of sp³-hybridized carbons (Fsp3) is 0.926. The Morgan fingerprint density at radius 3 is 2.24 bits per heavy atom. The molecule has 29 heavy (non-hydrogen) atoms. The lowest BCUT2D eigenvalue weighted by molar-refractivity contribution is -0.229. The van der Waals surface area contributed by atoms with Gasteiger partial charge in [-0.25, -0.2) is 0 Å². The number of hydrogen-bond acceptors (Lipinski definition) is 2. The topological polar surface area (TPSA) is 34.1 Å². The Morgan fingerprint density at radius 2 is 1.52 bits per heavy atom. The first-order valence-corrected chi connectivity index (χ1v) is 12.5. The summed E-state index contributed by atoms with van der Waals surface area (Å²) in [6.07, 6.45) is 14.4. The third kappa shape index (κ3) is 2.25. The van der Waals surface area contributed by atoms with Crippen molar-refractivity contribution in [2.75, 3.05) is 0 Å². The molecule has 0 saturated heterocycles. The molecular formula is C27H42O2. The third-order valence-electron chi connectivity index (χ3n) is 12.4. The lowest BCUT2D eigenvalue weighted by Gasteiger charge is -2.72. The second kappa shape index (κ2) is 5.98. The van der Waals surface area contributed by atoms with Crippen LogP contribution in [0.2, 0.25) is 0 Å². The van der Waals surface area contributed by atoms with Crippen LogP contribution in [0.5, 0.6) is 0 Å². The summed E-state index contributed by atoms with van der Waals surface area (Å²) < 4.78 is 0. The van der Waals surface area contributed by atoms with Gasteiger partial charge in [0.15, 0.2) is 0 Å². The Labute approximate surface area is 178 Å². The van der Waals surface area contributed by atoms with Gasteiger partial charge in [-0.05, 0) is 97.7 Å². The summed E-state index contributed by atoms with van der Waals surface area (Å²) in [5.74, 6) is 3.13. The number of fused-ring (bicyclic) bond motifs is 7. The molecule has 5 rings (SSSR count). The molecule has 0 aliphatic heterocycles. The molecule has 0 aromatic carbocycles. The maximum atomic E-state index is 12.8. The highest BCUT2D eigenvalue weighted by molar-refractivity contribution is 5.85. The minimum Gasteiger partial charge on any atom is -0.303 e. The van der Waals surface area contributed by atoms with Gasteiger partial charge in [0.1, 0.15) is 12.1 Å². The van der Waals surface area contributed by atoms with Crippen molar-refractivity contribution in [1.29, 1.82) is 0 Å². The number of hydrogen-bond donors (Lipinski definition) is 0. The van der Waals surface area contributed by atoms with Crippen LogP contribution in [0.3, 0.4) is 0 Å². The fourth-order valence-corrected chi connectivity index (χ4v) is 10.6. The SMILES string of the molecule is CC1(C)C(=O)CC[C@]2(C)C3CCC4C5CCC[C@]5(C=O)CC[C@@]4(C)[C@]3(C)CC[C@@H]12. The Bertz CT molecular complexity index is 739. The molecule has 162 valence electrons. The lowest BCUT2D eigenvalue weighted by Crippen LogP contribution is -2.66. The number of rotatable bonds is 1. The van der Waals surface area contributed by atoms with Crippen LogP contribution in [0.4, 0.5) is 0 Å². The van der Waals surface area contributed by atoms with Crippen molar-refractivity contribution in [2.45, 2.75) is 105 Å². The molecular weight excluding hydrogens is 356 g/mol. The molecule has 0 bridgehead atoms. The van der Waals surface area contributed by atoms with E-state index in [0.29, 0.717) is 33.9 Å². The van der Waals surface area contributed by atoms with E-state index in [1.165, 1.54) is 51.2 Å². The highest BCUT2D eigenvalue weighted by atomic mass is 16.1. The van der Waals surface area contributed by atoms with Crippen LogP contribution in [-0.4, -0.2) is 12.1 Å². The van der Waals surface area contributed by atoms with Gasteiger partial charge < -0.3 is 4.79 Å². The minimum absolute atomic E-state index is 0.00766. The lowest BCUT2D eigenvalue weighted by atomic mass is 9.32. The van der Waals surface area contributed by atoms with Crippen LogP contribution >= 0.6 is 0 Å². The van der Waals surface area contributed by atoms with Crippen molar-refractivity contribution in [3.63, 3.8) is 0 Å². The summed E-state index contributed by atoms with van der Waals surface area (Å²) in [5.41, 5.74) is 0.865. The number of aldehydes is 1. The molecule has 0 heterocycles. The molecule has 5 aliphatic rings. The van der Waals surface area contributed by atoms with Crippen LogP contribution in [0.15, 0.2) is 0 Å². The minimum atomic E-state index is -0.156. The third-order valence-corrected chi connectivity index (χ3v) is 12.4. The molecule has 0 aromatic heterocycles. The van der Waals surface area contributed by atoms with Crippen LogP contribution < -0.4 is 0 Å². The first-order chi connectivity index (χ1) is 13.6. The van der Waals surface area contributed by atoms with Crippen molar-refractivity contribution in [1.82, 2.24) is 0 Å². The molecule has 5 fully saturated rings. The molecule has 2 heteroatoms. The van der Waals surface area contributed by atoms with E-state index in [2.05, 4.69) is 34.6 Å². The van der Waals surface area contributed by atoms with E-state index >= 15 is 0 Å².